The maximum atomic E-state index is 10.8. The molecule has 0 aliphatic rings. The van der Waals surface area contributed by atoms with E-state index in [9.17, 15) is 9.59 Å². The van der Waals surface area contributed by atoms with Gasteiger partial charge in [0.15, 0.2) is 0 Å². The van der Waals surface area contributed by atoms with E-state index in [-0.39, 0.29) is 6.42 Å². The zero-order valence-corrected chi connectivity index (χ0v) is 13.5. The van der Waals surface area contributed by atoms with Crippen LogP contribution in [0.4, 0.5) is 0 Å². The van der Waals surface area contributed by atoms with Crippen molar-refractivity contribution in [1.82, 2.24) is 0 Å². The van der Waals surface area contributed by atoms with Crippen LogP contribution in [0.15, 0.2) is 0 Å². The Kier molecular flexibility index (Phi) is 14.2. The first-order chi connectivity index (χ1) is 10.2. The van der Waals surface area contributed by atoms with Crippen LogP contribution in [0.2, 0.25) is 0 Å². The van der Waals surface area contributed by atoms with Crippen LogP contribution in [-0.4, -0.2) is 16.9 Å². The number of carbonyl (C=O) groups excluding carboxylic acids is 1. The average molecular weight is 294 g/mol. The summed E-state index contributed by atoms with van der Waals surface area (Å²) in [7, 11) is 0. The lowest BCUT2D eigenvalue weighted by molar-refractivity contribution is -0.149. The second-order valence-corrected chi connectivity index (χ2v) is 5.51. The van der Waals surface area contributed by atoms with Gasteiger partial charge in [-0.1, -0.05) is 58.3 Å². The van der Waals surface area contributed by atoms with Gasteiger partial charge in [0.2, 0.25) is 5.78 Å². The molecule has 0 rings (SSSR count). The van der Waals surface area contributed by atoms with Crippen LogP contribution in [0.3, 0.4) is 0 Å². The van der Waals surface area contributed by atoms with E-state index in [1.807, 2.05) is 0 Å². The molecule has 0 fully saturated rings. The van der Waals surface area contributed by atoms with Gasteiger partial charge in [0, 0.05) is 19.3 Å². The minimum atomic E-state index is -1.34. The molecule has 21 heavy (non-hydrogen) atoms. The second-order valence-electron chi connectivity index (χ2n) is 5.51. The average Bonchev–Trinajstić information content (AvgIpc) is 2.47. The van der Waals surface area contributed by atoms with E-state index in [4.69, 9.17) is 5.11 Å². The summed E-state index contributed by atoms with van der Waals surface area (Å²) in [5.41, 5.74) is 0. The van der Waals surface area contributed by atoms with Crippen molar-refractivity contribution in [2.45, 2.75) is 90.4 Å². The zero-order valence-electron chi connectivity index (χ0n) is 13.5. The van der Waals surface area contributed by atoms with E-state index in [0.29, 0.717) is 12.8 Å². The van der Waals surface area contributed by atoms with Crippen LogP contribution in [0.25, 0.3) is 0 Å². The lowest BCUT2D eigenvalue weighted by Crippen LogP contribution is -2.11. The number of Topliss-reactive ketones (excluding diaryl/α,β-unsaturated/α-hetero) is 1. The highest BCUT2D eigenvalue weighted by Gasteiger charge is 2.09. The fourth-order valence-corrected chi connectivity index (χ4v) is 2.15. The van der Waals surface area contributed by atoms with E-state index in [1.54, 1.807) is 0 Å². The summed E-state index contributed by atoms with van der Waals surface area (Å²) in [6.07, 6.45) is 14.0. The Labute approximate surface area is 129 Å². The van der Waals surface area contributed by atoms with Crippen molar-refractivity contribution in [3.63, 3.8) is 0 Å². The van der Waals surface area contributed by atoms with Gasteiger partial charge in [0.1, 0.15) is 0 Å². The third-order valence-corrected chi connectivity index (χ3v) is 3.47. The molecule has 0 aliphatic heterocycles. The quantitative estimate of drug-likeness (QED) is 0.303. The molecule has 120 valence electrons. The normalized spacial score (nSPS) is 9.95. The van der Waals surface area contributed by atoms with Crippen LogP contribution in [0, 0.1) is 11.8 Å². The molecule has 0 aromatic heterocycles. The topological polar surface area (TPSA) is 54.4 Å². The van der Waals surface area contributed by atoms with Gasteiger partial charge in [-0.2, -0.15) is 0 Å². The second kappa shape index (κ2) is 15.1. The minimum Gasteiger partial charge on any atom is -0.476 e. The molecule has 0 heterocycles. The lowest BCUT2D eigenvalue weighted by Gasteiger charge is -2.00. The Morgan fingerprint density at radius 3 is 1.76 bits per heavy atom. The molecule has 3 heteroatoms. The molecular formula is C18H30O3. The summed E-state index contributed by atoms with van der Waals surface area (Å²) >= 11 is 0. The van der Waals surface area contributed by atoms with Crippen molar-refractivity contribution in [2.24, 2.45) is 0 Å². The van der Waals surface area contributed by atoms with Crippen molar-refractivity contribution in [3.05, 3.63) is 0 Å². The lowest BCUT2D eigenvalue weighted by atomic mass is 10.1. The number of rotatable bonds is 13. The predicted molar refractivity (Wildman–Crippen MR) is 86.1 cm³/mol. The van der Waals surface area contributed by atoms with E-state index >= 15 is 0 Å². The Hall–Kier alpha value is -1.30. The third kappa shape index (κ3) is 14.9. The number of carboxylic acid groups (broad SMARTS) is 1. The highest BCUT2D eigenvalue weighted by molar-refractivity contribution is 6.32. The summed E-state index contributed by atoms with van der Waals surface area (Å²) in [5, 5.41) is 8.40. The van der Waals surface area contributed by atoms with E-state index in [0.717, 1.165) is 12.8 Å². The van der Waals surface area contributed by atoms with Crippen LogP contribution in [-0.2, 0) is 9.59 Å². The van der Waals surface area contributed by atoms with Crippen molar-refractivity contribution in [3.8, 4) is 11.8 Å². The van der Waals surface area contributed by atoms with Crippen molar-refractivity contribution >= 4 is 11.8 Å². The maximum absolute atomic E-state index is 10.8. The number of hydrogen-bond donors (Lipinski definition) is 1. The van der Waals surface area contributed by atoms with Gasteiger partial charge >= 0.3 is 5.97 Å². The molecule has 0 saturated carbocycles. The van der Waals surface area contributed by atoms with Gasteiger partial charge in [-0.3, -0.25) is 4.79 Å². The molecule has 0 aliphatic carbocycles. The summed E-state index contributed by atoms with van der Waals surface area (Å²) in [6.45, 7) is 2.24. The number of hydrogen-bond acceptors (Lipinski definition) is 2. The smallest absolute Gasteiger partial charge is 0.372 e. The van der Waals surface area contributed by atoms with E-state index in [1.165, 1.54) is 51.4 Å². The van der Waals surface area contributed by atoms with Crippen molar-refractivity contribution in [2.75, 3.05) is 0 Å². The van der Waals surface area contributed by atoms with Crippen LogP contribution < -0.4 is 0 Å². The number of ketones is 1. The van der Waals surface area contributed by atoms with Gasteiger partial charge in [-0.25, -0.2) is 4.79 Å². The standard InChI is InChI=1S/C18H30O3/c1-2-3-4-5-6-7-8-9-10-11-12-13-14-15-16-17(19)18(20)21/h2-11,14-16H2,1H3,(H,20,21). The van der Waals surface area contributed by atoms with Crippen LogP contribution >= 0.6 is 0 Å². The van der Waals surface area contributed by atoms with Gasteiger partial charge in [0.05, 0.1) is 0 Å². The van der Waals surface area contributed by atoms with Crippen LogP contribution in [0.5, 0.6) is 0 Å². The molecule has 0 aromatic carbocycles. The predicted octanol–water partition coefficient (Wildman–Crippen LogP) is 4.73. The highest BCUT2D eigenvalue weighted by atomic mass is 16.4. The van der Waals surface area contributed by atoms with Gasteiger partial charge in [-0.05, 0) is 12.8 Å². The van der Waals surface area contributed by atoms with Crippen LogP contribution in [0.1, 0.15) is 90.4 Å². The summed E-state index contributed by atoms with van der Waals surface area (Å²) < 4.78 is 0. The first-order valence-electron chi connectivity index (χ1n) is 8.40. The summed E-state index contributed by atoms with van der Waals surface area (Å²) in [5.74, 6) is 4.06. The Morgan fingerprint density at radius 1 is 0.762 bits per heavy atom. The van der Waals surface area contributed by atoms with Gasteiger partial charge in [0.25, 0.3) is 0 Å². The molecule has 0 aromatic rings. The van der Waals surface area contributed by atoms with Crippen molar-refractivity contribution in [1.29, 1.82) is 0 Å². The van der Waals surface area contributed by atoms with E-state index < -0.39 is 11.8 Å². The zero-order chi connectivity index (χ0) is 15.8. The molecule has 0 spiro atoms. The molecule has 0 bridgehead atoms. The monoisotopic (exact) mass is 294 g/mol. The fourth-order valence-electron chi connectivity index (χ4n) is 2.15. The Balaban J connectivity index is 3.23. The molecular weight excluding hydrogens is 264 g/mol. The summed E-state index contributed by atoms with van der Waals surface area (Å²) in [4.78, 5) is 21.1. The molecule has 0 unspecified atom stereocenters. The molecule has 3 nitrogen and oxygen atoms in total. The van der Waals surface area contributed by atoms with E-state index in [2.05, 4.69) is 18.8 Å². The number of carboxylic acids is 1. The summed E-state index contributed by atoms with van der Waals surface area (Å²) in [6, 6.07) is 0. The van der Waals surface area contributed by atoms with Gasteiger partial charge < -0.3 is 5.11 Å². The fraction of sp³-hybridized carbons (Fsp3) is 0.778. The third-order valence-electron chi connectivity index (χ3n) is 3.47. The number of carbonyl (C=O) groups is 2. The first-order valence-corrected chi connectivity index (χ1v) is 8.40. The SMILES string of the molecule is CCCCCCCCCCCC#CCCCC(=O)C(=O)O. The largest absolute Gasteiger partial charge is 0.476 e. The molecule has 1 N–H and O–H groups in total. The van der Waals surface area contributed by atoms with Crippen molar-refractivity contribution < 1.29 is 14.7 Å². The number of aliphatic carboxylic acids is 1. The molecule has 0 amide bonds. The molecule has 0 saturated heterocycles. The Bertz CT molecular complexity index is 336. The number of unbranched alkanes of at least 4 members (excludes halogenated alkanes) is 10. The molecule has 0 radical (unpaired) electrons. The van der Waals surface area contributed by atoms with Gasteiger partial charge in [-0.15, -0.1) is 11.8 Å². The first kappa shape index (κ1) is 19.7. The minimum absolute atomic E-state index is 0.0993. The maximum Gasteiger partial charge on any atom is 0.372 e. The Morgan fingerprint density at radius 2 is 1.24 bits per heavy atom. The highest BCUT2D eigenvalue weighted by Crippen LogP contribution is 2.10. The molecule has 0 atom stereocenters.